The van der Waals surface area contributed by atoms with Gasteiger partial charge in [0.15, 0.2) is 11.5 Å². The normalized spacial score (nSPS) is 10.8. The number of hydrogen-bond acceptors (Lipinski definition) is 3. The molecule has 2 aromatic heterocycles. The van der Waals surface area contributed by atoms with Gasteiger partial charge in [0.05, 0.1) is 5.35 Å². The Morgan fingerprint density at radius 3 is 2.08 bits per heavy atom. The molecule has 0 radical (unpaired) electrons. The van der Waals surface area contributed by atoms with Gasteiger partial charge in [-0.2, -0.15) is 5.26 Å². The number of nitriles is 1. The first-order valence-electron chi connectivity index (χ1n) is 8.11. The molecule has 120 valence electrons. The molecular formula is C21H16N4. The van der Waals surface area contributed by atoms with E-state index in [0.717, 1.165) is 27.6 Å². The van der Waals surface area contributed by atoms with Gasteiger partial charge in [0.1, 0.15) is 11.6 Å². The van der Waals surface area contributed by atoms with Crippen molar-refractivity contribution in [2.45, 2.75) is 13.8 Å². The predicted octanol–water partition coefficient (Wildman–Crippen LogP) is 3.84. The third kappa shape index (κ3) is 2.38. The van der Waals surface area contributed by atoms with Gasteiger partial charge in [0.25, 0.3) is 0 Å². The predicted molar refractivity (Wildman–Crippen MR) is 98.5 cm³/mol. The van der Waals surface area contributed by atoms with Crippen LogP contribution >= 0.6 is 0 Å². The van der Waals surface area contributed by atoms with Gasteiger partial charge in [-0.1, -0.05) is 60.7 Å². The summed E-state index contributed by atoms with van der Waals surface area (Å²) >= 11 is 0. The highest BCUT2D eigenvalue weighted by Crippen LogP contribution is 2.26. The number of benzene rings is 2. The van der Waals surface area contributed by atoms with Gasteiger partial charge in [-0.25, -0.2) is 9.50 Å². The van der Waals surface area contributed by atoms with Gasteiger partial charge in [-0.15, -0.1) is 5.10 Å². The molecule has 4 nitrogen and oxygen atoms in total. The van der Waals surface area contributed by atoms with Gasteiger partial charge >= 0.3 is 0 Å². The van der Waals surface area contributed by atoms with E-state index >= 15 is 0 Å². The fourth-order valence-corrected chi connectivity index (χ4v) is 3.13. The van der Waals surface area contributed by atoms with Crippen LogP contribution in [0.25, 0.3) is 33.7 Å². The Labute approximate surface area is 145 Å². The number of nitrogens with zero attached hydrogens (tertiary/aromatic N) is 4. The van der Waals surface area contributed by atoms with Gasteiger partial charge in [-0.3, -0.25) is 0 Å². The summed E-state index contributed by atoms with van der Waals surface area (Å²) in [4.78, 5) is 4.66. The lowest BCUT2D eigenvalue weighted by atomic mass is 10.0. The van der Waals surface area contributed by atoms with Crippen LogP contribution in [0.3, 0.4) is 0 Å². The lowest BCUT2D eigenvalue weighted by Crippen LogP contribution is -2.14. The number of aromatic nitrogens is 3. The molecule has 0 fully saturated rings. The monoisotopic (exact) mass is 324 g/mol. The van der Waals surface area contributed by atoms with E-state index < -0.39 is 0 Å². The molecule has 0 saturated carbocycles. The van der Waals surface area contributed by atoms with Crippen molar-refractivity contribution in [2.75, 3.05) is 0 Å². The van der Waals surface area contributed by atoms with E-state index in [4.69, 9.17) is 5.10 Å². The molecule has 0 N–H and O–H groups in total. The maximum atomic E-state index is 9.81. The van der Waals surface area contributed by atoms with Crippen LogP contribution in [0.5, 0.6) is 0 Å². The number of rotatable bonds is 2. The third-order valence-electron chi connectivity index (χ3n) is 4.21. The first-order valence-corrected chi connectivity index (χ1v) is 8.11. The van der Waals surface area contributed by atoms with E-state index in [1.54, 1.807) is 4.52 Å². The topological polar surface area (TPSA) is 54.0 Å². The second kappa shape index (κ2) is 5.88. The fraction of sp³-hybridized carbons (Fsp3) is 0.0952. The molecule has 25 heavy (non-hydrogen) atoms. The summed E-state index contributed by atoms with van der Waals surface area (Å²) in [6.07, 6.45) is 0. The zero-order valence-corrected chi connectivity index (χ0v) is 14.1. The molecule has 2 heterocycles. The first kappa shape index (κ1) is 15.1. The van der Waals surface area contributed by atoms with Gasteiger partial charge < -0.3 is 0 Å². The highest BCUT2D eigenvalue weighted by molar-refractivity contribution is 5.81. The standard InChI is InChI=1S/C21H16N4/c1-14(2)19-18(15-9-5-3-6-10-15)17(13-22)21-23-20(24-25(19)21)16-11-7-4-8-12-16/h3-12H,1-2H3. The average Bonchev–Trinajstić information content (AvgIpc) is 3.19. The van der Waals surface area contributed by atoms with Crippen molar-refractivity contribution in [2.24, 2.45) is 0 Å². The Balaban J connectivity index is 2.09. The Morgan fingerprint density at radius 1 is 0.920 bits per heavy atom. The van der Waals surface area contributed by atoms with Crippen LogP contribution in [-0.4, -0.2) is 14.6 Å². The molecule has 0 bridgehead atoms. The van der Waals surface area contributed by atoms with E-state index in [1.807, 2.05) is 74.5 Å². The lowest BCUT2D eigenvalue weighted by molar-refractivity contribution is 0.942. The summed E-state index contributed by atoms with van der Waals surface area (Å²) in [6.45, 7) is 4.07. The Kier molecular flexibility index (Phi) is 3.55. The van der Waals surface area contributed by atoms with Crippen LogP contribution in [0.2, 0.25) is 0 Å². The summed E-state index contributed by atoms with van der Waals surface area (Å²) in [5.74, 6) is 0.634. The van der Waals surface area contributed by atoms with Crippen LogP contribution in [0.1, 0.15) is 19.4 Å². The quantitative estimate of drug-likeness (QED) is 0.563. The van der Waals surface area contributed by atoms with E-state index in [-0.39, 0.29) is 0 Å². The molecule has 0 aliphatic heterocycles. The molecule has 0 amide bonds. The molecule has 0 atom stereocenters. The Morgan fingerprint density at radius 2 is 1.52 bits per heavy atom. The van der Waals surface area contributed by atoms with Crippen LogP contribution in [-0.2, 0) is 0 Å². The smallest absolute Gasteiger partial charge is 0.182 e. The minimum Gasteiger partial charge on any atom is -0.211 e. The van der Waals surface area contributed by atoms with Crippen LogP contribution in [0.4, 0.5) is 0 Å². The number of hydrogen-bond donors (Lipinski definition) is 0. The van der Waals surface area contributed by atoms with E-state index in [1.165, 1.54) is 0 Å². The van der Waals surface area contributed by atoms with Gasteiger partial charge in [0.2, 0.25) is 0 Å². The van der Waals surface area contributed by atoms with Crippen LogP contribution in [0, 0.1) is 11.3 Å². The second-order valence-electron chi connectivity index (χ2n) is 6.11. The highest BCUT2D eigenvalue weighted by Gasteiger charge is 2.20. The molecule has 4 aromatic rings. The third-order valence-corrected chi connectivity index (χ3v) is 4.21. The summed E-state index contributed by atoms with van der Waals surface area (Å²) in [7, 11) is 0. The molecule has 2 aromatic carbocycles. The second-order valence-corrected chi connectivity index (χ2v) is 6.11. The summed E-state index contributed by atoms with van der Waals surface area (Å²) < 4.78 is 1.80. The molecule has 4 rings (SSSR count). The summed E-state index contributed by atoms with van der Waals surface area (Å²) in [6, 6.07) is 22.1. The maximum Gasteiger partial charge on any atom is 0.182 e. The summed E-state index contributed by atoms with van der Waals surface area (Å²) in [5.41, 5.74) is 5.11. The van der Waals surface area contributed by atoms with Crippen molar-refractivity contribution < 1.29 is 0 Å². The van der Waals surface area contributed by atoms with Crippen molar-refractivity contribution >= 4 is 11.2 Å². The lowest BCUT2D eigenvalue weighted by Gasteiger charge is -2.01. The SMILES string of the molecule is CC(C)=c1c(-c2ccccc2)c(C#N)c2nc(-c3ccccc3)nn12. The molecule has 0 aliphatic carbocycles. The molecule has 0 spiro atoms. The number of fused-ring (bicyclic) bond motifs is 1. The zero-order valence-electron chi connectivity index (χ0n) is 14.1. The molecule has 0 aliphatic rings. The van der Waals surface area contributed by atoms with E-state index in [2.05, 4.69) is 11.1 Å². The van der Waals surface area contributed by atoms with Crippen molar-refractivity contribution in [3.63, 3.8) is 0 Å². The van der Waals surface area contributed by atoms with Gasteiger partial charge in [-0.05, 0) is 25.0 Å². The van der Waals surface area contributed by atoms with Crippen molar-refractivity contribution in [3.8, 4) is 28.6 Å². The minimum atomic E-state index is 0.567. The minimum absolute atomic E-state index is 0.567. The van der Waals surface area contributed by atoms with E-state index in [0.29, 0.717) is 17.0 Å². The van der Waals surface area contributed by atoms with Crippen LogP contribution in [0.15, 0.2) is 60.7 Å². The molecule has 4 heteroatoms. The average molecular weight is 324 g/mol. The van der Waals surface area contributed by atoms with Crippen molar-refractivity contribution in [1.29, 1.82) is 5.26 Å². The first-order chi connectivity index (χ1) is 12.2. The Hall–Kier alpha value is -3.45. The fourth-order valence-electron chi connectivity index (χ4n) is 3.13. The largest absolute Gasteiger partial charge is 0.211 e. The van der Waals surface area contributed by atoms with Gasteiger partial charge in [0, 0.05) is 11.1 Å². The zero-order chi connectivity index (χ0) is 17.4. The highest BCUT2D eigenvalue weighted by atomic mass is 15.3. The van der Waals surface area contributed by atoms with Crippen molar-refractivity contribution in [3.05, 3.63) is 71.6 Å². The van der Waals surface area contributed by atoms with E-state index in [9.17, 15) is 5.26 Å². The van der Waals surface area contributed by atoms with Crippen molar-refractivity contribution in [1.82, 2.24) is 14.6 Å². The Bertz CT molecular complexity index is 1150. The molecule has 0 saturated heterocycles. The molecular weight excluding hydrogens is 308 g/mol. The molecule has 0 unspecified atom stereocenters. The maximum absolute atomic E-state index is 9.81. The summed E-state index contributed by atoms with van der Waals surface area (Å²) in [5, 5.41) is 15.4. The van der Waals surface area contributed by atoms with Crippen LogP contribution < -0.4 is 5.35 Å².